The van der Waals surface area contributed by atoms with E-state index in [0.717, 1.165) is 63.4 Å². The standard InChI is InChI=1S/C19H29N3O3/c1-25-17-5-2-4-16(14-17)18-6-3-7-22(18)19(24)15-21-10-8-20(9-11-21)12-13-23/h2,4-5,14,18,23H,3,6-13,15H2,1H3/t18-/m0/s1. The Morgan fingerprint density at radius 1 is 1.20 bits per heavy atom. The van der Waals surface area contributed by atoms with Crippen molar-refractivity contribution in [2.75, 3.05) is 59.5 Å². The fourth-order valence-corrected chi connectivity index (χ4v) is 3.86. The van der Waals surface area contributed by atoms with Crippen LogP contribution in [0, 0.1) is 0 Å². The fourth-order valence-electron chi connectivity index (χ4n) is 3.86. The quantitative estimate of drug-likeness (QED) is 0.831. The van der Waals surface area contributed by atoms with Gasteiger partial charge in [0.2, 0.25) is 5.91 Å². The molecule has 3 rings (SSSR count). The Hall–Kier alpha value is -1.63. The van der Waals surface area contributed by atoms with Gasteiger partial charge in [0.15, 0.2) is 0 Å². The summed E-state index contributed by atoms with van der Waals surface area (Å²) in [5.74, 6) is 1.07. The number of carbonyl (C=O) groups is 1. The molecule has 6 nitrogen and oxygen atoms in total. The summed E-state index contributed by atoms with van der Waals surface area (Å²) in [6, 6.07) is 8.24. The van der Waals surface area contributed by atoms with Crippen LogP contribution in [0.2, 0.25) is 0 Å². The molecule has 0 spiro atoms. The highest BCUT2D eigenvalue weighted by atomic mass is 16.5. The van der Waals surface area contributed by atoms with Crippen molar-refractivity contribution in [1.82, 2.24) is 14.7 Å². The molecule has 2 heterocycles. The van der Waals surface area contributed by atoms with Crippen molar-refractivity contribution in [2.24, 2.45) is 0 Å². The maximum atomic E-state index is 12.9. The van der Waals surface area contributed by atoms with Gasteiger partial charge in [-0.15, -0.1) is 0 Å². The molecule has 0 aliphatic carbocycles. The van der Waals surface area contributed by atoms with Crippen molar-refractivity contribution in [3.8, 4) is 5.75 Å². The SMILES string of the molecule is COc1cccc([C@@H]2CCCN2C(=O)CN2CCN(CCO)CC2)c1. The van der Waals surface area contributed by atoms with Crippen LogP contribution in [0.15, 0.2) is 24.3 Å². The number of benzene rings is 1. The zero-order valence-electron chi connectivity index (χ0n) is 15.1. The lowest BCUT2D eigenvalue weighted by Crippen LogP contribution is -2.50. The molecule has 6 heteroatoms. The number of likely N-dealkylation sites (tertiary alicyclic amines) is 1. The predicted octanol–water partition coefficient (Wildman–Crippen LogP) is 0.969. The highest BCUT2D eigenvalue weighted by Crippen LogP contribution is 2.33. The summed E-state index contributed by atoms with van der Waals surface area (Å²) >= 11 is 0. The third-order valence-electron chi connectivity index (χ3n) is 5.29. The Balaban J connectivity index is 1.58. The molecule has 2 saturated heterocycles. The van der Waals surface area contributed by atoms with Gasteiger partial charge in [0.1, 0.15) is 5.75 Å². The van der Waals surface area contributed by atoms with Crippen LogP contribution in [0.3, 0.4) is 0 Å². The van der Waals surface area contributed by atoms with Gasteiger partial charge in [-0.2, -0.15) is 0 Å². The number of rotatable bonds is 6. The van der Waals surface area contributed by atoms with Gasteiger partial charge in [0, 0.05) is 39.3 Å². The third-order valence-corrected chi connectivity index (χ3v) is 5.29. The topological polar surface area (TPSA) is 56.2 Å². The predicted molar refractivity (Wildman–Crippen MR) is 96.6 cm³/mol. The number of aliphatic hydroxyl groups is 1. The molecule has 0 bridgehead atoms. The molecule has 0 saturated carbocycles. The van der Waals surface area contributed by atoms with E-state index in [4.69, 9.17) is 9.84 Å². The van der Waals surface area contributed by atoms with Crippen molar-refractivity contribution in [1.29, 1.82) is 0 Å². The van der Waals surface area contributed by atoms with E-state index in [-0.39, 0.29) is 18.6 Å². The molecule has 2 fully saturated rings. The second kappa shape index (κ2) is 8.65. The van der Waals surface area contributed by atoms with E-state index < -0.39 is 0 Å². The number of carbonyl (C=O) groups excluding carboxylic acids is 1. The summed E-state index contributed by atoms with van der Waals surface area (Å²) in [5.41, 5.74) is 1.16. The van der Waals surface area contributed by atoms with Gasteiger partial charge in [-0.1, -0.05) is 12.1 Å². The first-order chi connectivity index (χ1) is 12.2. The van der Waals surface area contributed by atoms with E-state index >= 15 is 0 Å². The highest BCUT2D eigenvalue weighted by Gasteiger charge is 2.31. The van der Waals surface area contributed by atoms with Crippen LogP contribution in [0.25, 0.3) is 0 Å². The van der Waals surface area contributed by atoms with Crippen LogP contribution in [0.1, 0.15) is 24.4 Å². The minimum Gasteiger partial charge on any atom is -0.497 e. The van der Waals surface area contributed by atoms with Crippen LogP contribution in [0.4, 0.5) is 0 Å². The fraction of sp³-hybridized carbons (Fsp3) is 0.632. The number of piperazine rings is 1. The normalized spacial score (nSPS) is 22.3. The van der Waals surface area contributed by atoms with Crippen LogP contribution >= 0.6 is 0 Å². The maximum absolute atomic E-state index is 12.9. The lowest BCUT2D eigenvalue weighted by molar-refractivity contribution is -0.133. The third kappa shape index (κ3) is 4.51. The molecule has 2 aliphatic rings. The molecule has 0 aromatic heterocycles. The Morgan fingerprint density at radius 3 is 2.68 bits per heavy atom. The van der Waals surface area contributed by atoms with E-state index in [1.165, 1.54) is 0 Å². The van der Waals surface area contributed by atoms with Gasteiger partial charge >= 0.3 is 0 Å². The van der Waals surface area contributed by atoms with E-state index in [2.05, 4.69) is 15.9 Å². The summed E-state index contributed by atoms with van der Waals surface area (Å²) < 4.78 is 5.33. The van der Waals surface area contributed by atoms with Crippen LogP contribution in [-0.4, -0.2) is 85.2 Å². The largest absolute Gasteiger partial charge is 0.497 e. The first-order valence-electron chi connectivity index (χ1n) is 9.20. The molecule has 0 unspecified atom stereocenters. The summed E-state index contributed by atoms with van der Waals surface area (Å²) in [6.45, 7) is 5.90. The molecule has 1 N–H and O–H groups in total. The number of nitrogens with zero attached hydrogens (tertiary/aromatic N) is 3. The number of hydrogen-bond donors (Lipinski definition) is 1. The van der Waals surface area contributed by atoms with E-state index in [1.54, 1.807) is 7.11 Å². The lowest BCUT2D eigenvalue weighted by Gasteiger charge is -2.35. The van der Waals surface area contributed by atoms with Crippen molar-refractivity contribution in [3.05, 3.63) is 29.8 Å². The van der Waals surface area contributed by atoms with Gasteiger partial charge in [0.05, 0.1) is 26.3 Å². The molecule has 0 radical (unpaired) electrons. The molecule has 25 heavy (non-hydrogen) atoms. The molecular weight excluding hydrogens is 318 g/mol. The molecule has 1 aromatic rings. The first kappa shape index (κ1) is 18.2. The summed E-state index contributed by atoms with van der Waals surface area (Å²) in [4.78, 5) is 19.4. The van der Waals surface area contributed by atoms with Crippen LogP contribution < -0.4 is 4.74 Å². The van der Waals surface area contributed by atoms with E-state index in [0.29, 0.717) is 6.54 Å². The van der Waals surface area contributed by atoms with Gasteiger partial charge in [-0.3, -0.25) is 14.6 Å². The van der Waals surface area contributed by atoms with Gasteiger partial charge in [0.25, 0.3) is 0 Å². The summed E-state index contributed by atoms with van der Waals surface area (Å²) in [6.07, 6.45) is 2.07. The van der Waals surface area contributed by atoms with Crippen LogP contribution in [-0.2, 0) is 4.79 Å². The van der Waals surface area contributed by atoms with Crippen molar-refractivity contribution >= 4 is 5.91 Å². The maximum Gasteiger partial charge on any atom is 0.237 e. The Kier molecular flexibility index (Phi) is 6.29. The van der Waals surface area contributed by atoms with E-state index in [1.807, 2.05) is 23.1 Å². The number of β-amino-alcohol motifs (C(OH)–C–C–N with tert-alkyl or cyclic N) is 1. The second-order valence-corrected chi connectivity index (χ2v) is 6.86. The molecular formula is C19H29N3O3. The average molecular weight is 347 g/mol. The minimum atomic E-state index is 0.165. The summed E-state index contributed by atoms with van der Waals surface area (Å²) in [7, 11) is 1.67. The number of aliphatic hydroxyl groups excluding tert-OH is 1. The number of ether oxygens (including phenoxy) is 1. The van der Waals surface area contributed by atoms with Gasteiger partial charge in [-0.05, 0) is 30.5 Å². The molecule has 1 aromatic carbocycles. The number of methoxy groups -OCH3 is 1. The molecule has 1 atom stereocenters. The molecule has 2 aliphatic heterocycles. The van der Waals surface area contributed by atoms with Gasteiger partial charge < -0.3 is 14.7 Å². The monoisotopic (exact) mass is 347 g/mol. The zero-order valence-corrected chi connectivity index (χ0v) is 15.1. The van der Waals surface area contributed by atoms with Crippen molar-refractivity contribution < 1.29 is 14.6 Å². The molecule has 1 amide bonds. The smallest absolute Gasteiger partial charge is 0.237 e. The number of amides is 1. The minimum absolute atomic E-state index is 0.165. The van der Waals surface area contributed by atoms with Crippen molar-refractivity contribution in [2.45, 2.75) is 18.9 Å². The van der Waals surface area contributed by atoms with E-state index in [9.17, 15) is 4.79 Å². The molecule has 138 valence electrons. The Morgan fingerprint density at radius 2 is 1.96 bits per heavy atom. The van der Waals surface area contributed by atoms with Gasteiger partial charge in [-0.25, -0.2) is 0 Å². The Labute approximate surface area is 150 Å². The first-order valence-corrected chi connectivity index (χ1v) is 9.20. The van der Waals surface area contributed by atoms with Crippen molar-refractivity contribution in [3.63, 3.8) is 0 Å². The van der Waals surface area contributed by atoms with Crippen LogP contribution in [0.5, 0.6) is 5.75 Å². The number of hydrogen-bond acceptors (Lipinski definition) is 5. The average Bonchev–Trinajstić information content (AvgIpc) is 3.13. The lowest BCUT2D eigenvalue weighted by atomic mass is 10.0. The Bertz CT molecular complexity index is 573. The zero-order chi connectivity index (χ0) is 17.6. The second-order valence-electron chi connectivity index (χ2n) is 6.86. The summed E-state index contributed by atoms with van der Waals surface area (Å²) in [5, 5.41) is 9.02. The highest BCUT2D eigenvalue weighted by molar-refractivity contribution is 5.79.